The number of benzene rings is 1. The fraction of sp³-hybridized carbons (Fsp3) is 0.125. The molecule has 1 nitrogen and oxygen atoms in total. The van der Waals surface area contributed by atoms with E-state index < -0.39 is 0 Å². The van der Waals surface area contributed by atoms with Gasteiger partial charge in [0.25, 0.3) is 0 Å². The first-order chi connectivity index (χ1) is 5.29. The van der Waals surface area contributed by atoms with Crippen molar-refractivity contribution < 1.29 is 4.79 Å². The van der Waals surface area contributed by atoms with Gasteiger partial charge < -0.3 is 0 Å². The molecule has 3 heteroatoms. The van der Waals surface area contributed by atoms with Crippen LogP contribution in [0.3, 0.4) is 0 Å². The lowest BCUT2D eigenvalue weighted by atomic mass is 10.2. The van der Waals surface area contributed by atoms with Crippen molar-refractivity contribution in [1.82, 2.24) is 0 Å². The second-order valence-electron chi connectivity index (χ2n) is 2.33. The lowest BCUT2D eigenvalue weighted by Gasteiger charge is -1.96. The van der Waals surface area contributed by atoms with Crippen LogP contribution in [0.5, 0.6) is 0 Å². The zero-order valence-electron chi connectivity index (χ0n) is 5.63. The molecule has 2 rings (SSSR count). The zero-order chi connectivity index (χ0) is 7.84. The number of hydrogen-bond acceptors (Lipinski definition) is 2. The van der Waals surface area contributed by atoms with E-state index in [-0.39, 0.29) is 5.78 Å². The quantitative estimate of drug-likeness (QED) is 0.680. The summed E-state index contributed by atoms with van der Waals surface area (Å²) in [7, 11) is 0. The Balaban J connectivity index is 2.66. The lowest BCUT2D eigenvalue weighted by Crippen LogP contribution is -1.93. The SMILES string of the molecule is O=C1CSc2c(Br)cccc21. The number of carbonyl (C=O) groups excluding carboxylic acids is 1. The standard InChI is InChI=1S/C8H5BrOS/c9-6-3-1-2-5-7(10)4-11-8(5)6/h1-3H,4H2. The average Bonchev–Trinajstić information content (AvgIpc) is 2.35. The van der Waals surface area contributed by atoms with E-state index in [2.05, 4.69) is 15.9 Å². The molecule has 0 atom stereocenters. The third kappa shape index (κ3) is 1.12. The smallest absolute Gasteiger partial charge is 0.174 e. The molecule has 0 aromatic heterocycles. The van der Waals surface area contributed by atoms with Gasteiger partial charge in [-0.2, -0.15) is 0 Å². The maximum Gasteiger partial charge on any atom is 0.174 e. The molecule has 0 saturated carbocycles. The molecule has 1 aliphatic heterocycles. The summed E-state index contributed by atoms with van der Waals surface area (Å²) in [4.78, 5) is 12.3. The number of rotatable bonds is 0. The van der Waals surface area contributed by atoms with E-state index >= 15 is 0 Å². The van der Waals surface area contributed by atoms with Gasteiger partial charge in [-0.05, 0) is 22.0 Å². The van der Waals surface area contributed by atoms with Crippen molar-refractivity contribution in [1.29, 1.82) is 0 Å². The molecule has 0 amide bonds. The molecule has 11 heavy (non-hydrogen) atoms. The Morgan fingerprint density at radius 3 is 3.00 bits per heavy atom. The van der Waals surface area contributed by atoms with E-state index in [0.717, 1.165) is 14.9 Å². The van der Waals surface area contributed by atoms with Crippen LogP contribution in [0.2, 0.25) is 0 Å². The lowest BCUT2D eigenvalue weighted by molar-refractivity contribution is 0.102. The monoisotopic (exact) mass is 228 g/mol. The molecule has 1 aromatic rings. The molecule has 0 saturated heterocycles. The van der Waals surface area contributed by atoms with Crippen LogP contribution < -0.4 is 0 Å². The highest BCUT2D eigenvalue weighted by Crippen LogP contribution is 2.36. The number of halogens is 1. The molecule has 1 aliphatic rings. The second kappa shape index (κ2) is 2.64. The number of thioether (sulfide) groups is 1. The molecule has 0 unspecified atom stereocenters. The fourth-order valence-electron chi connectivity index (χ4n) is 1.09. The minimum Gasteiger partial charge on any atom is -0.293 e. The van der Waals surface area contributed by atoms with Gasteiger partial charge in [0.15, 0.2) is 5.78 Å². The van der Waals surface area contributed by atoms with Crippen molar-refractivity contribution in [2.75, 3.05) is 5.75 Å². The van der Waals surface area contributed by atoms with E-state index in [1.54, 1.807) is 11.8 Å². The Bertz CT molecular complexity index is 322. The van der Waals surface area contributed by atoms with Gasteiger partial charge in [-0.3, -0.25) is 4.79 Å². The van der Waals surface area contributed by atoms with Crippen molar-refractivity contribution in [2.45, 2.75) is 4.90 Å². The van der Waals surface area contributed by atoms with E-state index in [9.17, 15) is 4.79 Å². The highest BCUT2D eigenvalue weighted by atomic mass is 79.9. The third-order valence-corrected chi connectivity index (χ3v) is 3.67. The molecule has 1 aromatic carbocycles. The van der Waals surface area contributed by atoms with Crippen LogP contribution in [-0.2, 0) is 0 Å². The summed E-state index contributed by atoms with van der Waals surface area (Å²) in [5, 5.41) is 0. The largest absolute Gasteiger partial charge is 0.293 e. The van der Waals surface area contributed by atoms with Crippen LogP contribution in [0, 0.1) is 0 Å². The minimum atomic E-state index is 0.242. The van der Waals surface area contributed by atoms with Crippen LogP contribution in [0.25, 0.3) is 0 Å². The Morgan fingerprint density at radius 1 is 1.45 bits per heavy atom. The van der Waals surface area contributed by atoms with E-state index in [0.29, 0.717) is 5.75 Å². The van der Waals surface area contributed by atoms with E-state index in [1.165, 1.54) is 0 Å². The molecule has 0 aliphatic carbocycles. The highest BCUT2D eigenvalue weighted by Gasteiger charge is 2.21. The molecule has 0 radical (unpaired) electrons. The molecule has 0 N–H and O–H groups in total. The third-order valence-electron chi connectivity index (χ3n) is 1.61. The van der Waals surface area contributed by atoms with Gasteiger partial charge >= 0.3 is 0 Å². The van der Waals surface area contributed by atoms with Gasteiger partial charge in [0.1, 0.15) is 0 Å². The van der Waals surface area contributed by atoms with Gasteiger partial charge in [-0.25, -0.2) is 0 Å². The number of ketones is 1. The first-order valence-corrected chi connectivity index (χ1v) is 5.01. The summed E-state index contributed by atoms with van der Waals surface area (Å²) >= 11 is 5.01. The number of carbonyl (C=O) groups is 1. The average molecular weight is 229 g/mol. The van der Waals surface area contributed by atoms with Gasteiger partial charge in [0, 0.05) is 14.9 Å². The van der Waals surface area contributed by atoms with Crippen LogP contribution in [0.4, 0.5) is 0 Å². The highest BCUT2D eigenvalue weighted by molar-refractivity contribution is 9.10. The summed E-state index contributed by atoms with van der Waals surface area (Å²) < 4.78 is 1.03. The van der Waals surface area contributed by atoms with Crippen molar-refractivity contribution in [2.24, 2.45) is 0 Å². The Morgan fingerprint density at radius 2 is 2.27 bits per heavy atom. The number of Topliss-reactive ketones (excluding diaryl/α,β-unsaturated/α-hetero) is 1. The van der Waals surface area contributed by atoms with Crippen molar-refractivity contribution in [3.05, 3.63) is 28.2 Å². The Labute approximate surface area is 77.3 Å². The normalized spacial score (nSPS) is 15.2. The summed E-state index contributed by atoms with van der Waals surface area (Å²) in [5.74, 6) is 0.837. The maximum absolute atomic E-state index is 11.2. The van der Waals surface area contributed by atoms with Gasteiger partial charge in [-0.1, -0.05) is 12.1 Å². The summed E-state index contributed by atoms with van der Waals surface area (Å²) in [6, 6.07) is 5.74. The summed E-state index contributed by atoms with van der Waals surface area (Å²) in [6.45, 7) is 0. The minimum absolute atomic E-state index is 0.242. The Hall–Kier alpha value is -0.280. The molecule has 0 fully saturated rings. The zero-order valence-corrected chi connectivity index (χ0v) is 8.04. The van der Waals surface area contributed by atoms with E-state index in [4.69, 9.17) is 0 Å². The van der Waals surface area contributed by atoms with Crippen molar-refractivity contribution in [3.8, 4) is 0 Å². The second-order valence-corrected chi connectivity index (χ2v) is 4.17. The predicted octanol–water partition coefficient (Wildman–Crippen LogP) is 2.74. The first kappa shape index (κ1) is 7.37. The van der Waals surface area contributed by atoms with E-state index in [1.807, 2.05) is 18.2 Å². The van der Waals surface area contributed by atoms with Crippen LogP contribution >= 0.6 is 27.7 Å². The molecular weight excluding hydrogens is 224 g/mol. The summed E-state index contributed by atoms with van der Waals surface area (Å²) in [6.07, 6.45) is 0. The van der Waals surface area contributed by atoms with Crippen molar-refractivity contribution >= 4 is 33.5 Å². The molecule has 1 heterocycles. The van der Waals surface area contributed by atoms with Crippen LogP contribution in [0.15, 0.2) is 27.6 Å². The van der Waals surface area contributed by atoms with Gasteiger partial charge in [0.05, 0.1) is 5.75 Å². The number of fused-ring (bicyclic) bond motifs is 1. The molecular formula is C8H5BrOS. The maximum atomic E-state index is 11.2. The van der Waals surface area contributed by atoms with Crippen LogP contribution in [0.1, 0.15) is 10.4 Å². The predicted molar refractivity (Wildman–Crippen MR) is 49.2 cm³/mol. The number of hydrogen-bond donors (Lipinski definition) is 0. The molecule has 0 spiro atoms. The van der Waals surface area contributed by atoms with Gasteiger partial charge in [-0.15, -0.1) is 11.8 Å². The molecule has 0 bridgehead atoms. The summed E-state index contributed by atoms with van der Waals surface area (Å²) in [5.41, 5.74) is 0.865. The van der Waals surface area contributed by atoms with Crippen molar-refractivity contribution in [3.63, 3.8) is 0 Å². The first-order valence-electron chi connectivity index (χ1n) is 3.23. The topological polar surface area (TPSA) is 17.1 Å². The fourth-order valence-corrected chi connectivity index (χ4v) is 2.77. The van der Waals surface area contributed by atoms with Gasteiger partial charge in [0.2, 0.25) is 0 Å². The molecule has 56 valence electrons. The Kier molecular flexibility index (Phi) is 1.77. The van der Waals surface area contributed by atoms with Crippen LogP contribution in [-0.4, -0.2) is 11.5 Å².